The van der Waals surface area contributed by atoms with E-state index in [1.54, 1.807) is 24.3 Å². The highest BCUT2D eigenvalue weighted by atomic mass is 35.5. The van der Waals surface area contributed by atoms with E-state index in [9.17, 15) is 9.18 Å². The summed E-state index contributed by atoms with van der Waals surface area (Å²) < 4.78 is 13.0. The summed E-state index contributed by atoms with van der Waals surface area (Å²) in [5, 5.41) is 12.0. The van der Waals surface area contributed by atoms with Crippen LogP contribution in [0.3, 0.4) is 0 Å². The van der Waals surface area contributed by atoms with Gasteiger partial charge in [-0.1, -0.05) is 41.9 Å². The van der Waals surface area contributed by atoms with Gasteiger partial charge in [0.1, 0.15) is 5.82 Å². The fraction of sp³-hybridized carbons (Fsp3) is 0.188. The van der Waals surface area contributed by atoms with Crippen molar-refractivity contribution in [3.05, 3.63) is 70.0 Å². The van der Waals surface area contributed by atoms with Crippen LogP contribution in [-0.2, 0) is 24.3 Å². The Labute approximate surface area is 127 Å². The molecule has 0 aliphatic carbocycles. The van der Waals surface area contributed by atoms with Gasteiger partial charge in [0.25, 0.3) is 0 Å². The van der Waals surface area contributed by atoms with Gasteiger partial charge in [0.2, 0.25) is 0 Å². The van der Waals surface area contributed by atoms with Gasteiger partial charge in [0.05, 0.1) is 11.4 Å². The molecule has 0 aromatic heterocycles. The van der Waals surface area contributed by atoms with E-state index in [2.05, 4.69) is 5.32 Å². The minimum Gasteiger partial charge on any atom is -0.481 e. The highest BCUT2D eigenvalue weighted by Crippen LogP contribution is 2.16. The Bertz CT molecular complexity index is 629. The molecule has 0 atom stereocenters. The molecule has 0 radical (unpaired) electrons. The first-order chi connectivity index (χ1) is 10.0. The number of hydrogen-bond acceptors (Lipinski definition) is 2. The number of aliphatic carboxylic acids is 1. The molecule has 3 nitrogen and oxygen atoms in total. The summed E-state index contributed by atoms with van der Waals surface area (Å²) >= 11 is 5.72. The topological polar surface area (TPSA) is 49.3 Å². The molecule has 2 N–H and O–H groups in total. The molecule has 0 unspecified atom stereocenters. The van der Waals surface area contributed by atoms with Crippen LogP contribution < -0.4 is 5.32 Å². The molecule has 2 aromatic rings. The molecule has 0 saturated carbocycles. The number of carboxylic acid groups (broad SMARTS) is 1. The third-order valence-corrected chi connectivity index (χ3v) is 3.31. The molecule has 0 bridgehead atoms. The Hall–Kier alpha value is -1.91. The van der Waals surface area contributed by atoms with Crippen molar-refractivity contribution < 1.29 is 14.3 Å². The molecular weight excluding hydrogens is 293 g/mol. The monoisotopic (exact) mass is 307 g/mol. The third-order valence-electron chi connectivity index (χ3n) is 3.02. The van der Waals surface area contributed by atoms with Gasteiger partial charge in [0.15, 0.2) is 0 Å². The van der Waals surface area contributed by atoms with Gasteiger partial charge in [-0.05, 0) is 28.8 Å². The SMILES string of the molecule is O=C(O)Cc1ccc(CNCc2ccc(F)c(Cl)c2)cc1. The lowest BCUT2D eigenvalue weighted by atomic mass is 10.1. The summed E-state index contributed by atoms with van der Waals surface area (Å²) in [4.78, 5) is 10.6. The fourth-order valence-electron chi connectivity index (χ4n) is 1.95. The Morgan fingerprint density at radius 3 is 2.24 bits per heavy atom. The van der Waals surface area contributed by atoms with Crippen molar-refractivity contribution in [2.24, 2.45) is 0 Å². The molecular formula is C16H15ClFNO2. The van der Waals surface area contributed by atoms with Crippen molar-refractivity contribution >= 4 is 17.6 Å². The summed E-state index contributed by atoms with van der Waals surface area (Å²) in [6.45, 7) is 1.22. The van der Waals surface area contributed by atoms with Gasteiger partial charge < -0.3 is 10.4 Å². The Morgan fingerprint density at radius 2 is 1.62 bits per heavy atom. The largest absolute Gasteiger partial charge is 0.481 e. The molecule has 0 aliphatic heterocycles. The van der Waals surface area contributed by atoms with E-state index in [1.807, 2.05) is 12.1 Å². The smallest absolute Gasteiger partial charge is 0.307 e. The normalized spacial score (nSPS) is 10.6. The second kappa shape index (κ2) is 7.20. The van der Waals surface area contributed by atoms with Crippen LogP contribution in [0.5, 0.6) is 0 Å². The zero-order valence-electron chi connectivity index (χ0n) is 11.3. The second-order valence-corrected chi connectivity index (χ2v) is 5.15. The highest BCUT2D eigenvalue weighted by Gasteiger charge is 2.02. The van der Waals surface area contributed by atoms with Gasteiger partial charge in [-0.25, -0.2) is 4.39 Å². The number of halogens is 2. The molecule has 2 rings (SSSR count). The van der Waals surface area contributed by atoms with E-state index >= 15 is 0 Å². The van der Waals surface area contributed by atoms with Crippen molar-refractivity contribution in [3.8, 4) is 0 Å². The summed E-state index contributed by atoms with van der Waals surface area (Å²) in [5.41, 5.74) is 2.73. The molecule has 0 saturated heterocycles. The predicted octanol–water partition coefficient (Wildman–Crippen LogP) is 3.40. The van der Waals surface area contributed by atoms with Gasteiger partial charge >= 0.3 is 5.97 Å². The molecule has 0 spiro atoms. The van der Waals surface area contributed by atoms with Gasteiger partial charge in [-0.15, -0.1) is 0 Å². The number of nitrogens with one attached hydrogen (secondary N) is 1. The first-order valence-electron chi connectivity index (χ1n) is 6.49. The fourth-order valence-corrected chi connectivity index (χ4v) is 2.15. The van der Waals surface area contributed by atoms with E-state index in [-0.39, 0.29) is 11.4 Å². The molecule has 0 amide bonds. The van der Waals surface area contributed by atoms with Crippen molar-refractivity contribution in [2.45, 2.75) is 19.5 Å². The first-order valence-corrected chi connectivity index (χ1v) is 6.86. The van der Waals surface area contributed by atoms with Crippen LogP contribution in [0.4, 0.5) is 4.39 Å². The zero-order chi connectivity index (χ0) is 15.2. The zero-order valence-corrected chi connectivity index (χ0v) is 12.0. The molecule has 0 aliphatic rings. The molecule has 21 heavy (non-hydrogen) atoms. The summed E-state index contributed by atoms with van der Waals surface area (Å²) in [5.74, 6) is -1.26. The Balaban J connectivity index is 1.85. The van der Waals surface area contributed by atoms with E-state index < -0.39 is 11.8 Å². The van der Waals surface area contributed by atoms with Gasteiger partial charge in [-0.2, -0.15) is 0 Å². The van der Waals surface area contributed by atoms with E-state index in [0.29, 0.717) is 13.1 Å². The lowest BCUT2D eigenvalue weighted by Crippen LogP contribution is -2.12. The Kier molecular flexibility index (Phi) is 5.31. The van der Waals surface area contributed by atoms with Crippen molar-refractivity contribution in [2.75, 3.05) is 0 Å². The van der Waals surface area contributed by atoms with E-state index in [4.69, 9.17) is 16.7 Å². The molecule has 2 aromatic carbocycles. The number of benzene rings is 2. The number of carbonyl (C=O) groups is 1. The van der Waals surface area contributed by atoms with Gasteiger partial charge in [-0.3, -0.25) is 4.79 Å². The highest BCUT2D eigenvalue weighted by molar-refractivity contribution is 6.30. The first kappa shape index (κ1) is 15.5. The summed E-state index contributed by atoms with van der Waals surface area (Å²) in [6, 6.07) is 12.0. The van der Waals surface area contributed by atoms with Crippen LogP contribution in [0.1, 0.15) is 16.7 Å². The maximum atomic E-state index is 13.0. The average Bonchev–Trinajstić information content (AvgIpc) is 2.44. The average molecular weight is 308 g/mol. The predicted molar refractivity (Wildman–Crippen MR) is 79.7 cm³/mol. The van der Waals surface area contributed by atoms with Crippen molar-refractivity contribution in [3.63, 3.8) is 0 Å². The summed E-state index contributed by atoms with van der Waals surface area (Å²) in [7, 11) is 0. The lowest BCUT2D eigenvalue weighted by Gasteiger charge is -2.07. The standard InChI is InChI=1S/C16H15ClFNO2/c17-14-7-13(5-6-15(14)18)10-19-9-12-3-1-11(2-4-12)8-16(20)21/h1-7,19H,8-10H2,(H,20,21). The van der Waals surface area contributed by atoms with Crippen LogP contribution >= 0.6 is 11.6 Å². The number of carboxylic acids is 1. The molecule has 0 fully saturated rings. The molecule has 0 heterocycles. The summed E-state index contributed by atoms with van der Waals surface area (Å²) in [6.07, 6.45) is 0.0296. The second-order valence-electron chi connectivity index (χ2n) is 4.74. The van der Waals surface area contributed by atoms with Crippen LogP contribution in [0, 0.1) is 5.82 Å². The minimum atomic E-state index is -0.839. The maximum absolute atomic E-state index is 13.0. The van der Waals surface area contributed by atoms with Crippen molar-refractivity contribution in [1.29, 1.82) is 0 Å². The Morgan fingerprint density at radius 1 is 1.05 bits per heavy atom. The number of hydrogen-bond donors (Lipinski definition) is 2. The molecule has 5 heteroatoms. The van der Waals surface area contributed by atoms with Crippen LogP contribution in [0.25, 0.3) is 0 Å². The van der Waals surface area contributed by atoms with Gasteiger partial charge in [0, 0.05) is 13.1 Å². The van der Waals surface area contributed by atoms with Crippen LogP contribution in [0.2, 0.25) is 5.02 Å². The minimum absolute atomic E-state index is 0.0296. The maximum Gasteiger partial charge on any atom is 0.307 e. The quantitative estimate of drug-likeness (QED) is 0.860. The molecule has 110 valence electrons. The van der Waals surface area contributed by atoms with E-state index in [1.165, 1.54) is 6.07 Å². The lowest BCUT2D eigenvalue weighted by molar-refractivity contribution is -0.136. The van der Waals surface area contributed by atoms with Crippen LogP contribution in [-0.4, -0.2) is 11.1 Å². The number of rotatable bonds is 6. The van der Waals surface area contributed by atoms with Crippen LogP contribution in [0.15, 0.2) is 42.5 Å². The van der Waals surface area contributed by atoms with Crippen molar-refractivity contribution in [1.82, 2.24) is 5.32 Å². The third kappa shape index (κ3) is 4.85. The van der Waals surface area contributed by atoms with E-state index in [0.717, 1.165) is 16.7 Å².